The lowest BCUT2D eigenvalue weighted by atomic mass is 9.97. The lowest BCUT2D eigenvalue weighted by Crippen LogP contribution is -2.51. The van der Waals surface area contributed by atoms with Gasteiger partial charge in [0, 0.05) is 25.7 Å². The first-order chi connectivity index (χ1) is 18.7. The Morgan fingerprint density at radius 3 is 0.737 bits per heavy atom. The summed E-state index contributed by atoms with van der Waals surface area (Å²) in [6.07, 6.45) is 5.67. The topological polar surface area (TPSA) is 36.9 Å². The van der Waals surface area contributed by atoms with Gasteiger partial charge in [0.05, 0.1) is 0 Å². The molecule has 0 amide bonds. The third kappa shape index (κ3) is 7.40. The molecule has 0 aliphatic carbocycles. The van der Waals surface area contributed by atoms with Crippen molar-refractivity contribution >= 4 is 0 Å². The first-order valence-corrected chi connectivity index (χ1v) is 13.6. The zero-order chi connectivity index (χ0) is 25.9. The van der Waals surface area contributed by atoms with E-state index in [0.29, 0.717) is 25.7 Å². The second-order valence-corrected chi connectivity index (χ2v) is 10.1. The predicted octanol–water partition coefficient (Wildman–Crippen LogP) is 7.82. The van der Waals surface area contributed by atoms with Crippen LogP contribution in [0.2, 0.25) is 0 Å². The molecule has 0 spiro atoms. The third-order valence-corrected chi connectivity index (χ3v) is 7.24. The summed E-state index contributed by atoms with van der Waals surface area (Å²) in [5, 5.41) is 0. The maximum atomic E-state index is 6.25. The fraction of sp³-hybridized carbons (Fsp3) is 0.294. The fourth-order valence-corrected chi connectivity index (χ4v) is 4.83. The molecule has 1 aliphatic rings. The van der Waals surface area contributed by atoms with Crippen molar-refractivity contribution in [2.75, 3.05) is 0 Å². The highest BCUT2D eigenvalue weighted by Crippen LogP contribution is 2.39. The molecule has 1 aliphatic heterocycles. The molecule has 1 heterocycles. The van der Waals surface area contributed by atoms with Crippen molar-refractivity contribution in [2.24, 2.45) is 0 Å². The number of rotatable bonds is 12. The molecule has 1 fully saturated rings. The van der Waals surface area contributed by atoms with Crippen molar-refractivity contribution in [2.45, 2.75) is 62.9 Å². The lowest BCUT2D eigenvalue weighted by Gasteiger charge is -2.43. The minimum Gasteiger partial charge on any atom is -0.195 e. The zero-order valence-corrected chi connectivity index (χ0v) is 21.8. The van der Waals surface area contributed by atoms with E-state index in [2.05, 4.69) is 97.1 Å². The Bertz CT molecular complexity index is 1010. The molecule has 4 heteroatoms. The van der Waals surface area contributed by atoms with Crippen LogP contribution in [0.3, 0.4) is 0 Å². The van der Waals surface area contributed by atoms with E-state index in [-0.39, 0.29) is 0 Å². The van der Waals surface area contributed by atoms with E-state index < -0.39 is 11.6 Å². The van der Waals surface area contributed by atoms with E-state index >= 15 is 0 Å². The van der Waals surface area contributed by atoms with E-state index in [1.807, 2.05) is 24.3 Å². The number of hydrogen-bond acceptors (Lipinski definition) is 4. The van der Waals surface area contributed by atoms with Gasteiger partial charge in [0.1, 0.15) is 0 Å². The van der Waals surface area contributed by atoms with Gasteiger partial charge in [-0.3, -0.25) is 0 Å². The van der Waals surface area contributed by atoms with Crippen LogP contribution in [0.4, 0.5) is 0 Å². The third-order valence-electron chi connectivity index (χ3n) is 7.24. The number of benzene rings is 4. The van der Waals surface area contributed by atoms with Crippen LogP contribution in [0.1, 0.15) is 47.9 Å². The SMILES string of the molecule is c1ccc(CCC2(CCc3ccccc3)OOC(CCc3ccccc3)(CCc3ccccc3)OO2)cc1. The van der Waals surface area contributed by atoms with Crippen molar-refractivity contribution in [1.29, 1.82) is 0 Å². The zero-order valence-electron chi connectivity index (χ0n) is 21.8. The van der Waals surface area contributed by atoms with Gasteiger partial charge in [-0.1, -0.05) is 121 Å². The molecule has 0 N–H and O–H groups in total. The summed E-state index contributed by atoms with van der Waals surface area (Å²) in [5.41, 5.74) is 4.90. The van der Waals surface area contributed by atoms with Gasteiger partial charge in [-0.05, 0) is 47.9 Å². The van der Waals surface area contributed by atoms with Crippen LogP contribution in [0, 0.1) is 0 Å². The first kappa shape index (κ1) is 26.3. The van der Waals surface area contributed by atoms with Gasteiger partial charge < -0.3 is 0 Å². The lowest BCUT2D eigenvalue weighted by molar-refractivity contribution is -0.660. The monoisotopic (exact) mass is 508 g/mol. The molecule has 4 nitrogen and oxygen atoms in total. The Kier molecular flexibility index (Phi) is 9.00. The molecule has 0 unspecified atom stereocenters. The Morgan fingerprint density at radius 1 is 0.316 bits per heavy atom. The van der Waals surface area contributed by atoms with Crippen LogP contribution in [-0.4, -0.2) is 11.6 Å². The van der Waals surface area contributed by atoms with Gasteiger partial charge in [0.15, 0.2) is 0 Å². The predicted molar refractivity (Wildman–Crippen MR) is 149 cm³/mol. The van der Waals surface area contributed by atoms with Gasteiger partial charge in [0.25, 0.3) is 0 Å². The van der Waals surface area contributed by atoms with Gasteiger partial charge >= 0.3 is 0 Å². The molecule has 38 heavy (non-hydrogen) atoms. The Balaban J connectivity index is 1.31. The summed E-state index contributed by atoms with van der Waals surface area (Å²) in [7, 11) is 0. The average Bonchev–Trinajstić information content (AvgIpc) is 3.00. The minimum absolute atomic E-state index is 0.622. The highest BCUT2D eigenvalue weighted by atomic mass is 17.4. The highest BCUT2D eigenvalue weighted by Gasteiger charge is 2.48. The molecule has 196 valence electrons. The summed E-state index contributed by atoms with van der Waals surface area (Å²) in [5.74, 6) is -1.98. The van der Waals surface area contributed by atoms with E-state index in [0.717, 1.165) is 25.7 Å². The van der Waals surface area contributed by atoms with Crippen LogP contribution in [0.25, 0.3) is 0 Å². The van der Waals surface area contributed by atoms with Crippen molar-refractivity contribution in [3.63, 3.8) is 0 Å². The van der Waals surface area contributed by atoms with Gasteiger partial charge in [-0.2, -0.15) is 19.6 Å². The smallest absolute Gasteiger partial charge is 0.195 e. The van der Waals surface area contributed by atoms with Crippen LogP contribution in [-0.2, 0) is 45.2 Å². The summed E-state index contributed by atoms with van der Waals surface area (Å²) >= 11 is 0. The molecular formula is C34H36O4. The summed E-state index contributed by atoms with van der Waals surface area (Å²) in [6.45, 7) is 0. The van der Waals surface area contributed by atoms with Crippen LogP contribution in [0.5, 0.6) is 0 Å². The summed E-state index contributed by atoms with van der Waals surface area (Å²) in [6, 6.07) is 41.6. The van der Waals surface area contributed by atoms with E-state index in [1.54, 1.807) is 0 Å². The molecule has 0 radical (unpaired) electrons. The van der Waals surface area contributed by atoms with Crippen molar-refractivity contribution < 1.29 is 19.6 Å². The van der Waals surface area contributed by atoms with Gasteiger partial charge in [0.2, 0.25) is 11.6 Å². The van der Waals surface area contributed by atoms with Crippen LogP contribution >= 0.6 is 0 Å². The largest absolute Gasteiger partial charge is 0.234 e. The van der Waals surface area contributed by atoms with Crippen LogP contribution in [0.15, 0.2) is 121 Å². The minimum atomic E-state index is -0.991. The standard InChI is InChI=1S/C34H36O4/c1-5-13-29(14-6-1)21-25-33(26-22-30-15-7-2-8-16-30)35-37-34(38-36-33,27-23-31-17-9-3-10-18-31)28-24-32-19-11-4-12-20-32/h1-20H,21-28H2. The van der Waals surface area contributed by atoms with Gasteiger partial charge in [-0.15, -0.1) is 0 Å². The molecule has 4 aromatic rings. The maximum Gasteiger partial charge on any atom is 0.234 e. The van der Waals surface area contributed by atoms with Crippen molar-refractivity contribution in [3.8, 4) is 0 Å². The van der Waals surface area contributed by atoms with E-state index in [4.69, 9.17) is 19.6 Å². The van der Waals surface area contributed by atoms with E-state index in [1.165, 1.54) is 22.3 Å². The molecular weight excluding hydrogens is 472 g/mol. The Hall–Kier alpha value is -3.28. The number of hydrogen-bond donors (Lipinski definition) is 0. The first-order valence-electron chi connectivity index (χ1n) is 13.6. The summed E-state index contributed by atoms with van der Waals surface area (Å²) in [4.78, 5) is 25.0. The quantitative estimate of drug-likeness (QED) is 0.183. The second kappa shape index (κ2) is 13.0. The maximum absolute atomic E-state index is 6.25. The Labute approximate surface area is 226 Å². The molecule has 5 rings (SSSR count). The fourth-order valence-electron chi connectivity index (χ4n) is 4.83. The molecule has 4 aromatic carbocycles. The number of aryl methyl sites for hydroxylation is 4. The Morgan fingerprint density at radius 2 is 0.526 bits per heavy atom. The highest BCUT2D eigenvalue weighted by molar-refractivity contribution is 5.18. The second-order valence-electron chi connectivity index (χ2n) is 10.1. The normalized spacial score (nSPS) is 16.2. The molecule has 0 atom stereocenters. The van der Waals surface area contributed by atoms with Crippen molar-refractivity contribution in [1.82, 2.24) is 0 Å². The summed E-state index contributed by atoms with van der Waals surface area (Å²) < 4.78 is 0. The molecule has 1 saturated heterocycles. The van der Waals surface area contributed by atoms with Crippen LogP contribution < -0.4 is 0 Å². The molecule has 0 bridgehead atoms. The van der Waals surface area contributed by atoms with Gasteiger partial charge in [-0.25, -0.2) is 0 Å². The molecule has 0 aromatic heterocycles. The van der Waals surface area contributed by atoms with Crippen molar-refractivity contribution in [3.05, 3.63) is 144 Å². The molecule has 0 saturated carbocycles. The van der Waals surface area contributed by atoms with E-state index in [9.17, 15) is 0 Å². The average molecular weight is 509 g/mol.